The van der Waals surface area contributed by atoms with Gasteiger partial charge < -0.3 is 4.74 Å². The number of thiazole rings is 1. The van der Waals surface area contributed by atoms with Crippen LogP contribution in [-0.4, -0.2) is 29.8 Å². The highest BCUT2D eigenvalue weighted by molar-refractivity contribution is 7.93. The number of ether oxygens (including phenoxy) is 1. The molecule has 0 aliphatic heterocycles. The van der Waals surface area contributed by atoms with Crippen LogP contribution in [0.2, 0.25) is 0 Å². The molecule has 1 aliphatic rings. The first-order chi connectivity index (χ1) is 14.2. The minimum Gasteiger partial charge on any atom is -0.494 e. The second-order valence-corrected chi connectivity index (χ2v) is 11.4. The van der Waals surface area contributed by atoms with Crippen LogP contribution in [0.4, 0.5) is 5.13 Å². The highest BCUT2D eigenvalue weighted by Crippen LogP contribution is 2.35. The largest absolute Gasteiger partial charge is 0.494 e. The van der Waals surface area contributed by atoms with E-state index in [9.17, 15) is 8.42 Å². The SMILES string of the molecule is CCOc1ccc2nc(NS(=O)(=O)c3cn(C4CCCC4)nc3C(C)(C)C)sc2c1. The number of hydrogen-bond acceptors (Lipinski definition) is 6. The van der Waals surface area contributed by atoms with E-state index < -0.39 is 15.4 Å². The number of nitrogens with zero attached hydrogens (tertiary/aromatic N) is 3. The van der Waals surface area contributed by atoms with Gasteiger partial charge in [-0.3, -0.25) is 9.40 Å². The Morgan fingerprint density at radius 3 is 2.67 bits per heavy atom. The second kappa shape index (κ2) is 7.85. The Hall–Kier alpha value is -2.13. The van der Waals surface area contributed by atoms with Crippen molar-refractivity contribution >= 4 is 36.7 Å². The fourth-order valence-corrected chi connectivity index (χ4v) is 6.30. The Balaban J connectivity index is 1.68. The third-order valence-electron chi connectivity index (χ3n) is 5.29. The predicted molar refractivity (Wildman–Crippen MR) is 120 cm³/mol. The summed E-state index contributed by atoms with van der Waals surface area (Å²) < 4.78 is 37.6. The highest BCUT2D eigenvalue weighted by atomic mass is 32.2. The van der Waals surface area contributed by atoms with E-state index in [-0.39, 0.29) is 10.9 Å². The van der Waals surface area contributed by atoms with Gasteiger partial charge in [-0.05, 0) is 38.0 Å². The fraction of sp³-hybridized carbons (Fsp3) is 0.524. The molecule has 0 bridgehead atoms. The van der Waals surface area contributed by atoms with Gasteiger partial charge in [0.2, 0.25) is 0 Å². The summed E-state index contributed by atoms with van der Waals surface area (Å²) in [4.78, 5) is 4.68. The molecule has 9 heteroatoms. The normalized spacial score (nSPS) is 15.7. The summed E-state index contributed by atoms with van der Waals surface area (Å²) in [5, 5.41) is 5.05. The molecule has 0 atom stereocenters. The fourth-order valence-electron chi connectivity index (χ4n) is 3.82. The van der Waals surface area contributed by atoms with Crippen LogP contribution >= 0.6 is 11.3 Å². The van der Waals surface area contributed by atoms with Crippen molar-refractivity contribution in [1.82, 2.24) is 14.8 Å². The lowest BCUT2D eigenvalue weighted by Crippen LogP contribution is -2.20. The number of aromatic nitrogens is 3. The van der Waals surface area contributed by atoms with Crippen LogP contribution in [0.1, 0.15) is 65.1 Å². The molecule has 1 N–H and O–H groups in total. The molecule has 1 aliphatic carbocycles. The molecule has 7 nitrogen and oxygen atoms in total. The molecule has 0 spiro atoms. The zero-order valence-corrected chi connectivity index (χ0v) is 19.4. The topological polar surface area (TPSA) is 86.1 Å². The van der Waals surface area contributed by atoms with Gasteiger partial charge in [0.15, 0.2) is 5.13 Å². The van der Waals surface area contributed by atoms with Crippen molar-refractivity contribution in [2.75, 3.05) is 11.3 Å². The van der Waals surface area contributed by atoms with Gasteiger partial charge in [-0.1, -0.05) is 44.9 Å². The molecule has 2 aromatic heterocycles. The van der Waals surface area contributed by atoms with E-state index in [0.717, 1.165) is 41.6 Å². The van der Waals surface area contributed by atoms with Crippen LogP contribution in [0, 0.1) is 0 Å². The van der Waals surface area contributed by atoms with E-state index in [1.807, 2.05) is 50.6 Å². The number of fused-ring (bicyclic) bond motifs is 1. The molecule has 4 rings (SSSR count). The van der Waals surface area contributed by atoms with Crippen LogP contribution in [0.3, 0.4) is 0 Å². The summed E-state index contributed by atoms with van der Waals surface area (Å²) in [7, 11) is -3.82. The zero-order valence-electron chi connectivity index (χ0n) is 17.8. The van der Waals surface area contributed by atoms with Crippen molar-refractivity contribution in [2.24, 2.45) is 0 Å². The monoisotopic (exact) mass is 448 g/mol. The van der Waals surface area contributed by atoms with Crippen molar-refractivity contribution in [3.05, 3.63) is 30.1 Å². The molecular formula is C21H28N4O3S2. The Bertz CT molecular complexity index is 1150. The van der Waals surface area contributed by atoms with E-state index in [4.69, 9.17) is 9.84 Å². The number of hydrogen-bond donors (Lipinski definition) is 1. The van der Waals surface area contributed by atoms with Crippen molar-refractivity contribution in [3.8, 4) is 5.75 Å². The van der Waals surface area contributed by atoms with Crippen molar-refractivity contribution < 1.29 is 13.2 Å². The first-order valence-corrected chi connectivity index (χ1v) is 12.6. The number of anilines is 1. The second-order valence-electron chi connectivity index (χ2n) is 8.70. The Morgan fingerprint density at radius 2 is 2.00 bits per heavy atom. The smallest absolute Gasteiger partial charge is 0.267 e. The van der Waals surface area contributed by atoms with Crippen LogP contribution in [0.5, 0.6) is 5.75 Å². The first-order valence-electron chi connectivity index (χ1n) is 10.3. The molecule has 2 heterocycles. The van der Waals surface area contributed by atoms with E-state index in [1.54, 1.807) is 6.20 Å². The average Bonchev–Trinajstić information content (AvgIpc) is 3.39. The van der Waals surface area contributed by atoms with Crippen molar-refractivity contribution in [3.63, 3.8) is 0 Å². The third-order valence-corrected chi connectivity index (χ3v) is 7.69. The number of benzene rings is 1. The van der Waals surface area contributed by atoms with Gasteiger partial charge in [-0.2, -0.15) is 5.10 Å². The minimum atomic E-state index is -3.82. The number of sulfonamides is 1. The third kappa shape index (κ3) is 4.18. The molecule has 1 saturated carbocycles. The Labute approximate surface area is 181 Å². The molecule has 30 heavy (non-hydrogen) atoms. The van der Waals surface area contributed by atoms with E-state index in [0.29, 0.717) is 17.4 Å². The van der Waals surface area contributed by atoms with Crippen LogP contribution in [0.15, 0.2) is 29.3 Å². The molecule has 3 aromatic rings. The number of nitrogens with one attached hydrogen (secondary N) is 1. The Morgan fingerprint density at radius 1 is 1.27 bits per heavy atom. The van der Waals surface area contributed by atoms with Gasteiger partial charge in [0, 0.05) is 11.6 Å². The maximum absolute atomic E-state index is 13.3. The lowest BCUT2D eigenvalue weighted by molar-refractivity contribution is 0.341. The van der Waals surface area contributed by atoms with Gasteiger partial charge in [-0.25, -0.2) is 13.4 Å². The molecule has 0 amide bonds. The molecule has 0 saturated heterocycles. The summed E-state index contributed by atoms with van der Waals surface area (Å²) in [5.41, 5.74) is 0.925. The van der Waals surface area contributed by atoms with Crippen LogP contribution < -0.4 is 9.46 Å². The lowest BCUT2D eigenvalue weighted by atomic mass is 9.92. The van der Waals surface area contributed by atoms with E-state index in [2.05, 4.69) is 9.71 Å². The van der Waals surface area contributed by atoms with Gasteiger partial charge in [0.1, 0.15) is 10.6 Å². The molecule has 1 fully saturated rings. The molecule has 0 unspecified atom stereocenters. The number of rotatable bonds is 6. The van der Waals surface area contributed by atoms with E-state index >= 15 is 0 Å². The quantitative estimate of drug-likeness (QED) is 0.567. The summed E-state index contributed by atoms with van der Waals surface area (Å²) in [5.74, 6) is 0.746. The molecule has 1 aromatic carbocycles. The predicted octanol–water partition coefficient (Wildman–Crippen LogP) is 5.10. The van der Waals surface area contributed by atoms with Gasteiger partial charge >= 0.3 is 0 Å². The minimum absolute atomic E-state index is 0.233. The van der Waals surface area contributed by atoms with Gasteiger partial charge in [-0.15, -0.1) is 0 Å². The van der Waals surface area contributed by atoms with Crippen LogP contribution in [-0.2, 0) is 15.4 Å². The van der Waals surface area contributed by atoms with E-state index in [1.165, 1.54) is 11.3 Å². The van der Waals surface area contributed by atoms with Crippen molar-refractivity contribution in [1.29, 1.82) is 0 Å². The molecule has 0 radical (unpaired) electrons. The standard InChI is InChI=1S/C21H28N4O3S2/c1-5-28-15-10-11-16-17(12-15)29-20(22-16)24-30(26,27)18-13-25(14-8-6-7-9-14)23-19(18)21(2,3)4/h10-14H,5-9H2,1-4H3,(H,22,24). The van der Waals surface area contributed by atoms with Crippen molar-refractivity contribution in [2.45, 2.75) is 69.7 Å². The van der Waals surface area contributed by atoms with Gasteiger partial charge in [0.25, 0.3) is 10.0 Å². The summed E-state index contributed by atoms with van der Waals surface area (Å²) in [6.45, 7) is 8.46. The molecular weight excluding hydrogens is 420 g/mol. The Kier molecular flexibility index (Phi) is 5.52. The lowest BCUT2D eigenvalue weighted by Gasteiger charge is -2.17. The average molecular weight is 449 g/mol. The maximum Gasteiger partial charge on any atom is 0.267 e. The van der Waals surface area contributed by atoms with Gasteiger partial charge in [0.05, 0.1) is 28.6 Å². The summed E-state index contributed by atoms with van der Waals surface area (Å²) >= 11 is 1.30. The summed E-state index contributed by atoms with van der Waals surface area (Å²) in [6, 6.07) is 5.84. The zero-order chi connectivity index (χ0) is 21.5. The van der Waals surface area contributed by atoms with Crippen LogP contribution in [0.25, 0.3) is 10.2 Å². The first kappa shape index (κ1) is 21.1. The highest BCUT2D eigenvalue weighted by Gasteiger charge is 2.32. The molecule has 162 valence electrons. The summed E-state index contributed by atoms with van der Waals surface area (Å²) in [6.07, 6.45) is 6.09. The maximum atomic E-state index is 13.3.